The lowest BCUT2D eigenvalue weighted by Crippen LogP contribution is -2.45. The number of carbonyl (C=O) groups is 1. The predicted octanol–water partition coefficient (Wildman–Crippen LogP) is 4.80. The van der Waals surface area contributed by atoms with Gasteiger partial charge in [-0.2, -0.15) is 0 Å². The molecule has 3 aromatic rings. The minimum absolute atomic E-state index is 0.153. The second-order valence-electron chi connectivity index (χ2n) is 8.78. The lowest BCUT2D eigenvalue weighted by molar-refractivity contribution is -0.133. The van der Waals surface area contributed by atoms with Crippen LogP contribution in [0.1, 0.15) is 29.3 Å². The van der Waals surface area contributed by atoms with E-state index in [-0.39, 0.29) is 23.9 Å². The molecule has 7 nitrogen and oxygen atoms in total. The van der Waals surface area contributed by atoms with Crippen molar-refractivity contribution in [2.24, 2.45) is 5.73 Å². The van der Waals surface area contributed by atoms with Crippen LogP contribution in [-0.4, -0.2) is 45.0 Å². The zero-order chi connectivity index (χ0) is 27.5. The standard InChI is InChI=1S/C28H34ClN3O4S2/c1-3-14-31-38(34,35)25-10-7-21(8-11-25)13-15-32(28(33)26(30)19-24-6-5-17-37-24)20-22-18-23(29)9-12-27(22)36-16-4-2/h3,5-12,17-18,26,31H,1,4,13-16,19-20,30H2,2H3. The fourth-order valence-electron chi connectivity index (χ4n) is 3.82. The van der Waals surface area contributed by atoms with Crippen molar-refractivity contribution in [1.82, 2.24) is 9.62 Å². The molecule has 0 aliphatic carbocycles. The lowest BCUT2D eigenvalue weighted by atomic mass is 10.1. The summed E-state index contributed by atoms with van der Waals surface area (Å²) in [6, 6.07) is 15.2. The topological polar surface area (TPSA) is 102 Å². The quantitative estimate of drug-likeness (QED) is 0.254. The van der Waals surface area contributed by atoms with Crippen molar-refractivity contribution in [3.05, 3.63) is 93.7 Å². The first-order valence-corrected chi connectivity index (χ1v) is 15.1. The van der Waals surface area contributed by atoms with E-state index in [1.165, 1.54) is 6.08 Å². The number of amides is 1. The minimum Gasteiger partial charge on any atom is -0.493 e. The van der Waals surface area contributed by atoms with Gasteiger partial charge in [0.25, 0.3) is 0 Å². The SMILES string of the molecule is C=CCNS(=O)(=O)c1ccc(CCN(Cc2cc(Cl)ccc2OCCC)C(=O)C(N)Cc2cccs2)cc1. The third-order valence-corrected chi connectivity index (χ3v) is 8.37. The first kappa shape index (κ1) is 29.9. The van der Waals surface area contributed by atoms with Crippen molar-refractivity contribution < 1.29 is 17.9 Å². The van der Waals surface area contributed by atoms with E-state index in [1.807, 2.05) is 36.6 Å². The third kappa shape index (κ3) is 8.68. The summed E-state index contributed by atoms with van der Waals surface area (Å²) < 4.78 is 33.1. The number of benzene rings is 2. The van der Waals surface area contributed by atoms with Gasteiger partial charge in [0.05, 0.1) is 17.5 Å². The summed E-state index contributed by atoms with van der Waals surface area (Å²) in [5.74, 6) is 0.509. The van der Waals surface area contributed by atoms with Crippen LogP contribution in [0, 0.1) is 0 Å². The molecule has 38 heavy (non-hydrogen) atoms. The second kappa shape index (κ2) is 14.5. The van der Waals surface area contributed by atoms with Crippen molar-refractivity contribution in [1.29, 1.82) is 0 Å². The highest BCUT2D eigenvalue weighted by atomic mass is 35.5. The van der Waals surface area contributed by atoms with Gasteiger partial charge in [-0.1, -0.05) is 42.8 Å². The van der Waals surface area contributed by atoms with Gasteiger partial charge in [0.15, 0.2) is 0 Å². The summed E-state index contributed by atoms with van der Waals surface area (Å²) in [6.45, 7) is 6.94. The zero-order valence-electron chi connectivity index (χ0n) is 21.4. The van der Waals surface area contributed by atoms with Crippen LogP contribution in [0.3, 0.4) is 0 Å². The molecule has 0 aliphatic heterocycles. The number of hydrogen-bond acceptors (Lipinski definition) is 6. The first-order chi connectivity index (χ1) is 18.2. The van der Waals surface area contributed by atoms with Crippen LogP contribution in [-0.2, 0) is 34.2 Å². The average molecular weight is 576 g/mol. The van der Waals surface area contributed by atoms with Crippen LogP contribution in [0.2, 0.25) is 5.02 Å². The molecule has 1 atom stereocenters. The van der Waals surface area contributed by atoms with Gasteiger partial charge in [0, 0.05) is 41.5 Å². The number of ether oxygens (including phenoxy) is 1. The number of carbonyl (C=O) groups excluding carboxylic acids is 1. The molecule has 0 spiro atoms. The molecule has 10 heteroatoms. The normalized spacial score (nSPS) is 12.2. The van der Waals surface area contributed by atoms with Crippen LogP contribution in [0.25, 0.3) is 0 Å². The number of nitrogens with two attached hydrogens (primary N) is 1. The molecule has 0 saturated heterocycles. The highest BCUT2D eigenvalue weighted by Gasteiger charge is 2.23. The molecule has 1 aromatic heterocycles. The molecular formula is C28H34ClN3O4S2. The molecule has 3 rings (SSSR count). The smallest absolute Gasteiger partial charge is 0.240 e. The molecule has 204 valence electrons. The Hall–Kier alpha value is -2.69. The van der Waals surface area contributed by atoms with Crippen LogP contribution in [0.4, 0.5) is 0 Å². The summed E-state index contributed by atoms with van der Waals surface area (Å²) in [6.07, 6.45) is 3.31. The Balaban J connectivity index is 1.79. The number of hydrogen-bond donors (Lipinski definition) is 2. The Morgan fingerprint density at radius 1 is 1.24 bits per heavy atom. The molecule has 1 amide bonds. The largest absolute Gasteiger partial charge is 0.493 e. The fraction of sp³-hybridized carbons (Fsp3) is 0.321. The van der Waals surface area contributed by atoms with Crippen molar-refractivity contribution >= 4 is 38.9 Å². The molecule has 2 aromatic carbocycles. The number of sulfonamides is 1. The van der Waals surface area contributed by atoms with E-state index in [2.05, 4.69) is 11.3 Å². The minimum atomic E-state index is -3.61. The van der Waals surface area contributed by atoms with E-state index < -0.39 is 16.1 Å². The molecule has 0 fully saturated rings. The molecule has 1 heterocycles. The summed E-state index contributed by atoms with van der Waals surface area (Å²) in [5.41, 5.74) is 8.06. The maximum absolute atomic E-state index is 13.5. The Labute approximate surface area is 234 Å². The lowest BCUT2D eigenvalue weighted by Gasteiger charge is -2.27. The van der Waals surface area contributed by atoms with E-state index in [0.29, 0.717) is 36.8 Å². The first-order valence-electron chi connectivity index (χ1n) is 12.4. The molecule has 3 N–H and O–H groups in total. The molecule has 0 radical (unpaired) electrons. The number of nitrogens with zero attached hydrogens (tertiary/aromatic N) is 1. The van der Waals surface area contributed by atoms with Gasteiger partial charge in [-0.15, -0.1) is 17.9 Å². The van der Waals surface area contributed by atoms with Crippen molar-refractivity contribution in [3.63, 3.8) is 0 Å². The van der Waals surface area contributed by atoms with Crippen LogP contribution in [0.15, 0.2) is 77.5 Å². The maximum Gasteiger partial charge on any atom is 0.240 e. The average Bonchev–Trinajstić information content (AvgIpc) is 3.42. The number of halogens is 1. The van der Waals surface area contributed by atoms with Gasteiger partial charge in [0.2, 0.25) is 15.9 Å². The third-order valence-electron chi connectivity index (χ3n) is 5.80. The van der Waals surface area contributed by atoms with E-state index in [9.17, 15) is 13.2 Å². The Bertz CT molecular complexity index is 1300. The molecule has 0 aliphatic rings. The van der Waals surface area contributed by atoms with Crippen molar-refractivity contribution in [2.45, 2.75) is 43.7 Å². The molecule has 0 bridgehead atoms. The van der Waals surface area contributed by atoms with Crippen molar-refractivity contribution in [2.75, 3.05) is 19.7 Å². The predicted molar refractivity (Wildman–Crippen MR) is 154 cm³/mol. The van der Waals surface area contributed by atoms with E-state index >= 15 is 0 Å². The Kier molecular flexibility index (Phi) is 11.4. The van der Waals surface area contributed by atoms with Crippen LogP contribution >= 0.6 is 22.9 Å². The second-order valence-corrected chi connectivity index (χ2v) is 12.0. The summed E-state index contributed by atoms with van der Waals surface area (Å²) in [7, 11) is -3.61. The summed E-state index contributed by atoms with van der Waals surface area (Å²) >= 11 is 7.85. The molecule has 1 unspecified atom stereocenters. The zero-order valence-corrected chi connectivity index (χ0v) is 23.8. The Morgan fingerprint density at radius 2 is 2.00 bits per heavy atom. The van der Waals surface area contributed by atoms with Gasteiger partial charge in [-0.05, 0) is 60.2 Å². The molecule has 0 saturated carbocycles. The number of rotatable bonds is 15. The number of nitrogens with one attached hydrogen (secondary N) is 1. The highest BCUT2D eigenvalue weighted by Crippen LogP contribution is 2.25. The van der Waals surface area contributed by atoms with Crippen LogP contribution < -0.4 is 15.2 Å². The maximum atomic E-state index is 13.5. The van der Waals surface area contributed by atoms with E-state index in [4.69, 9.17) is 22.1 Å². The van der Waals surface area contributed by atoms with Gasteiger partial charge < -0.3 is 15.4 Å². The fourth-order valence-corrected chi connectivity index (χ4v) is 5.77. The Morgan fingerprint density at radius 3 is 2.66 bits per heavy atom. The summed E-state index contributed by atoms with van der Waals surface area (Å²) in [4.78, 5) is 16.5. The highest BCUT2D eigenvalue weighted by molar-refractivity contribution is 7.89. The van der Waals surface area contributed by atoms with Gasteiger partial charge >= 0.3 is 0 Å². The molecular weight excluding hydrogens is 542 g/mol. The monoisotopic (exact) mass is 575 g/mol. The van der Waals surface area contributed by atoms with Gasteiger partial charge in [0.1, 0.15) is 5.75 Å². The van der Waals surface area contributed by atoms with E-state index in [0.717, 1.165) is 22.4 Å². The van der Waals surface area contributed by atoms with Gasteiger partial charge in [-0.25, -0.2) is 13.1 Å². The van der Waals surface area contributed by atoms with Crippen LogP contribution in [0.5, 0.6) is 5.75 Å². The van der Waals surface area contributed by atoms with E-state index in [1.54, 1.807) is 46.6 Å². The van der Waals surface area contributed by atoms with Gasteiger partial charge in [-0.3, -0.25) is 4.79 Å². The number of thiophene rings is 1. The summed E-state index contributed by atoms with van der Waals surface area (Å²) in [5, 5.41) is 2.52. The van der Waals surface area contributed by atoms with Crippen molar-refractivity contribution in [3.8, 4) is 5.75 Å².